The molecular formula is C13H23N3. The van der Waals surface area contributed by atoms with E-state index in [1.165, 1.54) is 31.2 Å². The van der Waals surface area contributed by atoms with Crippen LogP contribution in [0.5, 0.6) is 0 Å². The molecule has 1 aromatic rings. The quantitative estimate of drug-likeness (QED) is 0.767. The first-order valence-corrected chi connectivity index (χ1v) is 6.59. The number of rotatable bonds is 7. The molecule has 16 heavy (non-hydrogen) atoms. The number of nitrogens with one attached hydrogen (secondary N) is 1. The molecular weight excluding hydrogens is 198 g/mol. The van der Waals surface area contributed by atoms with Gasteiger partial charge in [0.1, 0.15) is 0 Å². The van der Waals surface area contributed by atoms with E-state index >= 15 is 0 Å². The molecule has 2 rings (SSSR count). The Morgan fingerprint density at radius 2 is 2.31 bits per heavy atom. The second kappa shape index (κ2) is 5.48. The van der Waals surface area contributed by atoms with Crippen LogP contribution in [0.4, 0.5) is 0 Å². The Labute approximate surface area is 98.2 Å². The summed E-state index contributed by atoms with van der Waals surface area (Å²) in [4.78, 5) is 0. The highest BCUT2D eigenvalue weighted by Gasteiger charge is 2.26. The van der Waals surface area contributed by atoms with Crippen molar-refractivity contribution in [1.82, 2.24) is 15.1 Å². The smallest absolute Gasteiger partial charge is 0.0537 e. The molecule has 1 saturated carbocycles. The van der Waals surface area contributed by atoms with Crippen molar-refractivity contribution < 1.29 is 0 Å². The molecule has 0 aromatic carbocycles. The molecule has 1 aliphatic rings. The first-order valence-electron chi connectivity index (χ1n) is 6.59. The van der Waals surface area contributed by atoms with Gasteiger partial charge in [0, 0.05) is 24.3 Å². The van der Waals surface area contributed by atoms with Gasteiger partial charge in [-0.25, -0.2) is 0 Å². The van der Waals surface area contributed by atoms with Crippen molar-refractivity contribution in [3.63, 3.8) is 0 Å². The average Bonchev–Trinajstić information content (AvgIpc) is 2.99. The molecule has 1 atom stereocenters. The monoisotopic (exact) mass is 221 g/mol. The van der Waals surface area contributed by atoms with Gasteiger partial charge in [-0.1, -0.05) is 19.8 Å². The lowest BCUT2D eigenvalue weighted by molar-refractivity contribution is 0.473. The Morgan fingerprint density at radius 1 is 1.50 bits per heavy atom. The van der Waals surface area contributed by atoms with E-state index < -0.39 is 0 Å². The summed E-state index contributed by atoms with van der Waals surface area (Å²) in [6.07, 6.45) is 9.55. The average molecular weight is 221 g/mol. The number of hydrogen-bond acceptors (Lipinski definition) is 2. The van der Waals surface area contributed by atoms with Crippen LogP contribution in [0.3, 0.4) is 0 Å². The fourth-order valence-corrected chi connectivity index (χ4v) is 2.08. The SMILES string of the molecule is CCCNC(CC1CC1)c1cnn(CC)c1. The summed E-state index contributed by atoms with van der Waals surface area (Å²) < 4.78 is 2.02. The van der Waals surface area contributed by atoms with E-state index in [1.54, 1.807) is 0 Å². The summed E-state index contributed by atoms with van der Waals surface area (Å²) in [7, 11) is 0. The Bertz CT molecular complexity index is 315. The van der Waals surface area contributed by atoms with E-state index in [2.05, 4.69) is 30.5 Å². The number of nitrogens with zero attached hydrogens (tertiary/aromatic N) is 2. The minimum absolute atomic E-state index is 0.521. The Balaban J connectivity index is 1.97. The maximum Gasteiger partial charge on any atom is 0.0537 e. The third-order valence-electron chi connectivity index (χ3n) is 3.29. The zero-order valence-corrected chi connectivity index (χ0v) is 10.4. The second-order valence-electron chi connectivity index (χ2n) is 4.82. The highest BCUT2D eigenvalue weighted by atomic mass is 15.3. The molecule has 0 saturated heterocycles. The Morgan fingerprint density at radius 3 is 2.88 bits per heavy atom. The van der Waals surface area contributed by atoms with E-state index in [0.29, 0.717) is 6.04 Å². The lowest BCUT2D eigenvalue weighted by Gasteiger charge is -2.16. The highest BCUT2D eigenvalue weighted by molar-refractivity contribution is 5.11. The van der Waals surface area contributed by atoms with Crippen LogP contribution in [0.25, 0.3) is 0 Å². The van der Waals surface area contributed by atoms with E-state index in [-0.39, 0.29) is 0 Å². The van der Waals surface area contributed by atoms with Crippen molar-refractivity contribution in [2.45, 2.75) is 52.1 Å². The highest BCUT2D eigenvalue weighted by Crippen LogP contribution is 2.37. The van der Waals surface area contributed by atoms with Gasteiger partial charge in [0.25, 0.3) is 0 Å². The molecule has 1 unspecified atom stereocenters. The molecule has 0 radical (unpaired) electrons. The van der Waals surface area contributed by atoms with Gasteiger partial charge in [-0.05, 0) is 32.2 Å². The topological polar surface area (TPSA) is 29.9 Å². The first kappa shape index (κ1) is 11.6. The lowest BCUT2D eigenvalue weighted by atomic mass is 10.0. The van der Waals surface area contributed by atoms with Gasteiger partial charge in [0.05, 0.1) is 6.20 Å². The summed E-state index contributed by atoms with van der Waals surface area (Å²) in [6, 6.07) is 0.521. The van der Waals surface area contributed by atoms with Crippen molar-refractivity contribution in [1.29, 1.82) is 0 Å². The molecule has 1 aromatic heterocycles. The minimum atomic E-state index is 0.521. The van der Waals surface area contributed by atoms with Crippen LogP contribution in [0.1, 0.15) is 51.1 Å². The zero-order chi connectivity index (χ0) is 11.4. The minimum Gasteiger partial charge on any atom is -0.310 e. The van der Waals surface area contributed by atoms with Crippen molar-refractivity contribution in [2.75, 3.05) is 6.54 Å². The summed E-state index contributed by atoms with van der Waals surface area (Å²) >= 11 is 0. The summed E-state index contributed by atoms with van der Waals surface area (Å²) in [5.74, 6) is 0.958. The molecule has 1 heterocycles. The number of hydrogen-bond donors (Lipinski definition) is 1. The second-order valence-corrected chi connectivity index (χ2v) is 4.82. The molecule has 90 valence electrons. The molecule has 0 spiro atoms. The normalized spacial score (nSPS) is 17.6. The molecule has 1 aliphatic carbocycles. The molecule has 1 N–H and O–H groups in total. The molecule has 1 fully saturated rings. The molecule has 3 nitrogen and oxygen atoms in total. The lowest BCUT2D eigenvalue weighted by Crippen LogP contribution is -2.22. The Kier molecular flexibility index (Phi) is 3.99. The van der Waals surface area contributed by atoms with Crippen LogP contribution in [-0.2, 0) is 6.54 Å². The standard InChI is InChI=1S/C13H23N3/c1-3-7-14-13(8-11-5-6-11)12-9-15-16(4-2)10-12/h9-11,13-14H,3-8H2,1-2H3. The first-order chi connectivity index (χ1) is 7.83. The predicted molar refractivity (Wildman–Crippen MR) is 66.3 cm³/mol. The van der Waals surface area contributed by atoms with Gasteiger partial charge in [0.15, 0.2) is 0 Å². The van der Waals surface area contributed by atoms with Crippen LogP contribution in [0, 0.1) is 5.92 Å². The van der Waals surface area contributed by atoms with E-state index in [0.717, 1.165) is 19.0 Å². The third-order valence-corrected chi connectivity index (χ3v) is 3.29. The van der Waals surface area contributed by atoms with Gasteiger partial charge >= 0.3 is 0 Å². The van der Waals surface area contributed by atoms with E-state index in [4.69, 9.17) is 0 Å². The maximum atomic E-state index is 4.37. The van der Waals surface area contributed by atoms with Crippen molar-refractivity contribution in [3.8, 4) is 0 Å². The van der Waals surface area contributed by atoms with Crippen LogP contribution >= 0.6 is 0 Å². The van der Waals surface area contributed by atoms with E-state index in [1.807, 2.05) is 10.9 Å². The largest absolute Gasteiger partial charge is 0.310 e. The van der Waals surface area contributed by atoms with Gasteiger partial charge in [-0.3, -0.25) is 4.68 Å². The maximum absolute atomic E-state index is 4.37. The zero-order valence-electron chi connectivity index (χ0n) is 10.4. The van der Waals surface area contributed by atoms with Gasteiger partial charge in [-0.15, -0.1) is 0 Å². The van der Waals surface area contributed by atoms with Crippen molar-refractivity contribution in [3.05, 3.63) is 18.0 Å². The number of aryl methyl sites for hydroxylation is 1. The van der Waals surface area contributed by atoms with Crippen molar-refractivity contribution >= 4 is 0 Å². The van der Waals surface area contributed by atoms with Crippen molar-refractivity contribution in [2.24, 2.45) is 5.92 Å². The molecule has 0 aliphatic heterocycles. The van der Waals surface area contributed by atoms with Crippen LogP contribution in [-0.4, -0.2) is 16.3 Å². The molecule has 0 bridgehead atoms. The van der Waals surface area contributed by atoms with Crippen LogP contribution < -0.4 is 5.32 Å². The number of aromatic nitrogens is 2. The predicted octanol–water partition coefficient (Wildman–Crippen LogP) is 2.74. The van der Waals surface area contributed by atoms with Crippen LogP contribution in [0.2, 0.25) is 0 Å². The van der Waals surface area contributed by atoms with Crippen LogP contribution in [0.15, 0.2) is 12.4 Å². The van der Waals surface area contributed by atoms with Gasteiger partial charge in [-0.2, -0.15) is 5.10 Å². The van der Waals surface area contributed by atoms with E-state index in [9.17, 15) is 0 Å². The summed E-state index contributed by atoms with van der Waals surface area (Å²) in [5.41, 5.74) is 1.36. The third kappa shape index (κ3) is 3.08. The molecule has 3 heteroatoms. The fourth-order valence-electron chi connectivity index (χ4n) is 2.08. The van der Waals surface area contributed by atoms with Gasteiger partial charge < -0.3 is 5.32 Å². The summed E-state index contributed by atoms with van der Waals surface area (Å²) in [5, 5.41) is 8.01. The Hall–Kier alpha value is -0.830. The summed E-state index contributed by atoms with van der Waals surface area (Å²) in [6.45, 7) is 6.42. The van der Waals surface area contributed by atoms with Gasteiger partial charge in [0.2, 0.25) is 0 Å². The molecule has 0 amide bonds. The fraction of sp³-hybridized carbons (Fsp3) is 0.769.